The summed E-state index contributed by atoms with van der Waals surface area (Å²) in [6.45, 7) is 1.80. The van der Waals surface area contributed by atoms with Gasteiger partial charge in [0.1, 0.15) is 16.8 Å². The minimum absolute atomic E-state index is 0.0208. The summed E-state index contributed by atoms with van der Waals surface area (Å²) in [5.74, 6) is -1.24. The first-order chi connectivity index (χ1) is 16.8. The van der Waals surface area contributed by atoms with Gasteiger partial charge in [0.2, 0.25) is 5.91 Å². The smallest absolute Gasteiger partial charge is 0.339 e. The van der Waals surface area contributed by atoms with Crippen molar-refractivity contribution in [3.63, 3.8) is 0 Å². The average molecular weight is 473 g/mol. The molecule has 1 spiro atoms. The molecule has 2 aromatic rings. The molecule has 3 N–H and O–H groups in total. The van der Waals surface area contributed by atoms with Crippen LogP contribution in [0.25, 0.3) is 0 Å². The van der Waals surface area contributed by atoms with Crippen molar-refractivity contribution in [2.24, 2.45) is 5.73 Å². The van der Waals surface area contributed by atoms with Crippen LogP contribution in [-0.2, 0) is 24.5 Å². The predicted molar refractivity (Wildman–Crippen MR) is 134 cm³/mol. The molecule has 0 radical (unpaired) electrons. The van der Waals surface area contributed by atoms with Crippen LogP contribution >= 0.6 is 0 Å². The standard InChI is InChI=1S/C27H28N4O4/c1-4-35-25(33)23-24(28)31(17-14-12-16(13-15-17)30(2)3)20-10-7-11-21(32)22(20)27(23)18-8-5-6-9-19(18)29-26(27)34/h5-6,8-9,12-15H,4,7,10-11,28H2,1-3H3,(H,29,34). The van der Waals surface area contributed by atoms with Crippen molar-refractivity contribution in [3.8, 4) is 0 Å². The third-order valence-electron chi connectivity index (χ3n) is 6.93. The summed E-state index contributed by atoms with van der Waals surface area (Å²) in [7, 11) is 3.90. The van der Waals surface area contributed by atoms with Crippen molar-refractivity contribution in [1.29, 1.82) is 0 Å². The lowest BCUT2D eigenvalue weighted by Gasteiger charge is -2.44. The maximum absolute atomic E-state index is 13.8. The summed E-state index contributed by atoms with van der Waals surface area (Å²) in [6, 6.07) is 14.8. The lowest BCUT2D eigenvalue weighted by molar-refractivity contribution is -0.140. The van der Waals surface area contributed by atoms with Gasteiger partial charge in [-0.15, -0.1) is 0 Å². The van der Waals surface area contributed by atoms with Crippen LogP contribution in [-0.4, -0.2) is 38.4 Å². The van der Waals surface area contributed by atoms with Gasteiger partial charge in [-0.3, -0.25) is 14.5 Å². The molecule has 0 saturated heterocycles. The number of carbonyl (C=O) groups is 3. The molecule has 1 atom stereocenters. The number of para-hydroxylation sites is 1. The van der Waals surface area contributed by atoms with Gasteiger partial charge in [0.25, 0.3) is 0 Å². The Morgan fingerprint density at radius 1 is 1.11 bits per heavy atom. The molecule has 0 bridgehead atoms. The Balaban J connectivity index is 1.84. The van der Waals surface area contributed by atoms with Crippen LogP contribution in [0, 0.1) is 0 Å². The number of benzene rings is 2. The number of nitrogens with two attached hydrogens (primary N) is 1. The van der Waals surface area contributed by atoms with Crippen LogP contribution in [0.3, 0.4) is 0 Å². The highest BCUT2D eigenvalue weighted by Gasteiger charge is 2.61. The Morgan fingerprint density at radius 3 is 2.51 bits per heavy atom. The highest BCUT2D eigenvalue weighted by atomic mass is 16.5. The van der Waals surface area contributed by atoms with Gasteiger partial charge in [0.15, 0.2) is 5.78 Å². The second-order valence-electron chi connectivity index (χ2n) is 9.08. The number of ether oxygens (including phenoxy) is 1. The van der Waals surface area contributed by atoms with Crippen LogP contribution in [0.15, 0.2) is 71.2 Å². The molecule has 0 fully saturated rings. The van der Waals surface area contributed by atoms with Gasteiger partial charge in [-0.1, -0.05) is 18.2 Å². The lowest BCUT2D eigenvalue weighted by atomic mass is 9.63. The number of nitrogens with one attached hydrogen (secondary N) is 1. The number of rotatable bonds is 4. The zero-order valence-corrected chi connectivity index (χ0v) is 20.1. The van der Waals surface area contributed by atoms with E-state index in [1.54, 1.807) is 36.1 Å². The fraction of sp³-hybridized carbons (Fsp3) is 0.296. The van der Waals surface area contributed by atoms with E-state index in [9.17, 15) is 14.4 Å². The summed E-state index contributed by atoms with van der Waals surface area (Å²) in [5, 5.41) is 2.89. The molecule has 1 aliphatic carbocycles. The molecule has 180 valence electrons. The lowest BCUT2D eigenvalue weighted by Crippen LogP contribution is -2.53. The van der Waals surface area contributed by atoms with Gasteiger partial charge in [-0.2, -0.15) is 0 Å². The number of Topliss-reactive ketones (excluding diaryl/α,β-unsaturated/α-hetero) is 1. The van der Waals surface area contributed by atoms with E-state index >= 15 is 0 Å². The SMILES string of the molecule is CCOC(=O)C1=C(N)N(c2ccc(N(C)C)cc2)C2=C(C(=O)CCC2)C12C(=O)Nc1ccccc12. The monoisotopic (exact) mass is 472 g/mol. The highest BCUT2D eigenvalue weighted by molar-refractivity contribution is 6.23. The van der Waals surface area contributed by atoms with Crippen LogP contribution in [0.5, 0.6) is 0 Å². The van der Waals surface area contributed by atoms with Gasteiger partial charge in [-0.05, 0) is 50.1 Å². The van der Waals surface area contributed by atoms with Crippen molar-refractivity contribution in [1.82, 2.24) is 0 Å². The Hall–Kier alpha value is -4.07. The molecule has 2 heterocycles. The first kappa shape index (κ1) is 22.7. The van der Waals surface area contributed by atoms with E-state index in [2.05, 4.69) is 5.32 Å². The number of carbonyl (C=O) groups excluding carboxylic acids is 3. The fourth-order valence-corrected chi connectivity index (χ4v) is 5.46. The number of fused-ring (bicyclic) bond motifs is 3. The Morgan fingerprint density at radius 2 is 1.83 bits per heavy atom. The van der Waals surface area contributed by atoms with Crippen LogP contribution < -0.4 is 20.9 Å². The molecule has 5 rings (SSSR count). The topological polar surface area (TPSA) is 105 Å². The third kappa shape index (κ3) is 3.16. The van der Waals surface area contributed by atoms with Crippen molar-refractivity contribution >= 4 is 34.7 Å². The maximum atomic E-state index is 13.8. The van der Waals surface area contributed by atoms with E-state index in [0.29, 0.717) is 47.5 Å². The number of ketones is 1. The number of hydrogen-bond acceptors (Lipinski definition) is 7. The van der Waals surface area contributed by atoms with E-state index in [0.717, 1.165) is 5.69 Å². The zero-order chi connectivity index (χ0) is 24.9. The minimum Gasteiger partial charge on any atom is -0.462 e. The normalized spacial score (nSPS) is 21.2. The van der Waals surface area contributed by atoms with E-state index in [1.165, 1.54) is 0 Å². The quantitative estimate of drug-likeness (QED) is 0.659. The molecular weight excluding hydrogens is 444 g/mol. The summed E-state index contributed by atoms with van der Waals surface area (Å²) in [5.41, 5.74) is 8.86. The molecule has 2 aromatic carbocycles. The van der Waals surface area contributed by atoms with Crippen molar-refractivity contribution in [2.45, 2.75) is 31.6 Å². The molecule has 2 aliphatic heterocycles. The zero-order valence-electron chi connectivity index (χ0n) is 20.1. The Bertz CT molecular complexity index is 1310. The molecule has 1 unspecified atom stereocenters. The number of amides is 1. The Labute approximate surface area is 204 Å². The summed E-state index contributed by atoms with van der Waals surface area (Å²) in [6.07, 6.45) is 1.47. The molecule has 8 heteroatoms. The number of esters is 1. The summed E-state index contributed by atoms with van der Waals surface area (Å²) in [4.78, 5) is 44.7. The van der Waals surface area contributed by atoms with E-state index in [4.69, 9.17) is 10.5 Å². The largest absolute Gasteiger partial charge is 0.462 e. The van der Waals surface area contributed by atoms with E-state index in [-0.39, 0.29) is 23.8 Å². The van der Waals surface area contributed by atoms with Crippen LogP contribution in [0.1, 0.15) is 31.7 Å². The molecule has 0 aromatic heterocycles. The maximum Gasteiger partial charge on any atom is 0.339 e. The van der Waals surface area contributed by atoms with Crippen molar-refractivity contribution in [3.05, 3.63) is 76.8 Å². The fourth-order valence-electron chi connectivity index (χ4n) is 5.46. The predicted octanol–water partition coefficient (Wildman–Crippen LogP) is 3.20. The van der Waals surface area contributed by atoms with Gasteiger partial charge >= 0.3 is 5.97 Å². The Kier molecular flexibility index (Phi) is 5.39. The summed E-state index contributed by atoms with van der Waals surface area (Å²) >= 11 is 0. The van der Waals surface area contributed by atoms with Crippen molar-refractivity contribution in [2.75, 3.05) is 35.8 Å². The highest BCUT2D eigenvalue weighted by Crippen LogP contribution is 2.55. The van der Waals surface area contributed by atoms with Gasteiger partial charge in [0.05, 0.1) is 6.61 Å². The molecule has 0 saturated carbocycles. The first-order valence-corrected chi connectivity index (χ1v) is 11.7. The van der Waals surface area contributed by atoms with Gasteiger partial charge in [0, 0.05) is 54.4 Å². The number of anilines is 3. The minimum atomic E-state index is -1.65. The third-order valence-corrected chi connectivity index (χ3v) is 6.93. The number of nitrogens with zero attached hydrogens (tertiary/aromatic N) is 2. The summed E-state index contributed by atoms with van der Waals surface area (Å²) < 4.78 is 5.43. The van der Waals surface area contributed by atoms with E-state index in [1.807, 2.05) is 43.3 Å². The molecule has 3 aliphatic rings. The van der Waals surface area contributed by atoms with E-state index < -0.39 is 17.3 Å². The molecule has 8 nitrogen and oxygen atoms in total. The van der Waals surface area contributed by atoms with Gasteiger partial charge in [-0.25, -0.2) is 4.79 Å². The average Bonchev–Trinajstić information content (AvgIpc) is 3.11. The van der Waals surface area contributed by atoms with Crippen LogP contribution in [0.4, 0.5) is 17.1 Å². The number of allylic oxidation sites excluding steroid dienone is 1. The second-order valence-corrected chi connectivity index (χ2v) is 9.08. The van der Waals surface area contributed by atoms with Crippen molar-refractivity contribution < 1.29 is 19.1 Å². The first-order valence-electron chi connectivity index (χ1n) is 11.7. The van der Waals surface area contributed by atoms with Crippen LogP contribution in [0.2, 0.25) is 0 Å². The number of hydrogen-bond donors (Lipinski definition) is 2. The second kappa shape index (κ2) is 8.30. The molecular formula is C27H28N4O4. The van der Waals surface area contributed by atoms with Gasteiger partial charge < -0.3 is 20.7 Å². The molecule has 1 amide bonds. The molecule has 35 heavy (non-hydrogen) atoms.